The molecule has 1 aliphatic rings. The van der Waals surface area contributed by atoms with E-state index in [1.807, 2.05) is 13.2 Å². The molecule has 1 saturated carbocycles. The van der Waals surface area contributed by atoms with Crippen LogP contribution in [0.4, 0.5) is 0 Å². The first-order chi connectivity index (χ1) is 7.79. The molecule has 2 unspecified atom stereocenters. The SMILES string of the molecule is CNCC1CCCC1Cc1ccc(Br)cn1. The molecule has 1 N–H and O–H groups in total. The van der Waals surface area contributed by atoms with E-state index in [-0.39, 0.29) is 0 Å². The summed E-state index contributed by atoms with van der Waals surface area (Å²) in [6, 6.07) is 4.23. The number of hydrogen-bond acceptors (Lipinski definition) is 2. The minimum atomic E-state index is 0.820. The number of halogens is 1. The molecule has 1 aromatic rings. The highest BCUT2D eigenvalue weighted by atomic mass is 79.9. The molecule has 0 spiro atoms. The van der Waals surface area contributed by atoms with Crippen LogP contribution in [0.3, 0.4) is 0 Å². The lowest BCUT2D eigenvalue weighted by Crippen LogP contribution is -2.23. The zero-order valence-electron chi connectivity index (χ0n) is 9.75. The van der Waals surface area contributed by atoms with Gasteiger partial charge in [0.2, 0.25) is 0 Å². The van der Waals surface area contributed by atoms with Gasteiger partial charge in [0.1, 0.15) is 0 Å². The van der Waals surface area contributed by atoms with E-state index in [1.165, 1.54) is 25.0 Å². The van der Waals surface area contributed by atoms with E-state index < -0.39 is 0 Å². The molecule has 0 aliphatic heterocycles. The normalized spacial score (nSPS) is 24.9. The maximum absolute atomic E-state index is 4.47. The van der Waals surface area contributed by atoms with Crippen molar-refractivity contribution < 1.29 is 0 Å². The number of hydrogen-bond donors (Lipinski definition) is 1. The molecule has 2 atom stereocenters. The molecular formula is C13H19BrN2. The van der Waals surface area contributed by atoms with Gasteiger partial charge in [0.15, 0.2) is 0 Å². The Kier molecular flexibility index (Phi) is 4.36. The largest absolute Gasteiger partial charge is 0.319 e. The van der Waals surface area contributed by atoms with Crippen LogP contribution >= 0.6 is 15.9 Å². The van der Waals surface area contributed by atoms with E-state index in [9.17, 15) is 0 Å². The molecule has 1 heterocycles. The fourth-order valence-corrected chi connectivity index (χ4v) is 2.94. The number of aromatic nitrogens is 1. The third kappa shape index (κ3) is 3.05. The fraction of sp³-hybridized carbons (Fsp3) is 0.615. The highest BCUT2D eigenvalue weighted by Gasteiger charge is 2.26. The van der Waals surface area contributed by atoms with E-state index in [2.05, 4.69) is 38.4 Å². The smallest absolute Gasteiger partial charge is 0.0413 e. The molecule has 16 heavy (non-hydrogen) atoms. The highest BCUT2D eigenvalue weighted by Crippen LogP contribution is 2.33. The molecule has 1 fully saturated rings. The Morgan fingerprint density at radius 2 is 2.19 bits per heavy atom. The first-order valence-corrected chi connectivity index (χ1v) is 6.84. The van der Waals surface area contributed by atoms with Gasteiger partial charge in [0.25, 0.3) is 0 Å². The minimum absolute atomic E-state index is 0.820. The van der Waals surface area contributed by atoms with Crippen LogP contribution in [-0.4, -0.2) is 18.6 Å². The summed E-state index contributed by atoms with van der Waals surface area (Å²) in [7, 11) is 2.05. The van der Waals surface area contributed by atoms with Crippen molar-refractivity contribution in [2.75, 3.05) is 13.6 Å². The van der Waals surface area contributed by atoms with E-state index >= 15 is 0 Å². The standard InChI is InChI=1S/C13H19BrN2/c1-15-8-11-4-2-3-10(11)7-13-6-5-12(14)9-16-13/h5-6,9-11,15H,2-4,7-8H2,1H3. The predicted octanol–water partition coefficient (Wildman–Crippen LogP) is 3.02. The van der Waals surface area contributed by atoms with Gasteiger partial charge in [0.05, 0.1) is 0 Å². The molecule has 0 bridgehead atoms. The van der Waals surface area contributed by atoms with Gasteiger partial charge in [-0.15, -0.1) is 0 Å². The maximum Gasteiger partial charge on any atom is 0.0413 e. The Labute approximate surface area is 106 Å². The van der Waals surface area contributed by atoms with E-state index in [0.717, 1.165) is 29.3 Å². The van der Waals surface area contributed by atoms with Crippen LogP contribution in [0.1, 0.15) is 25.0 Å². The topological polar surface area (TPSA) is 24.9 Å². The summed E-state index contributed by atoms with van der Waals surface area (Å²) in [6.07, 6.45) is 7.16. The zero-order chi connectivity index (χ0) is 11.4. The van der Waals surface area contributed by atoms with Crippen LogP contribution in [0.5, 0.6) is 0 Å². The van der Waals surface area contributed by atoms with Crippen molar-refractivity contribution in [2.24, 2.45) is 11.8 Å². The summed E-state index contributed by atoms with van der Waals surface area (Å²) in [5.41, 5.74) is 1.23. The number of nitrogens with one attached hydrogen (secondary N) is 1. The van der Waals surface area contributed by atoms with Gasteiger partial charge in [0, 0.05) is 16.4 Å². The van der Waals surface area contributed by atoms with Gasteiger partial charge in [-0.05, 0) is 72.8 Å². The molecular weight excluding hydrogens is 264 g/mol. The lowest BCUT2D eigenvalue weighted by Gasteiger charge is -2.18. The Morgan fingerprint density at radius 3 is 2.88 bits per heavy atom. The third-order valence-electron chi connectivity index (χ3n) is 3.54. The molecule has 2 rings (SSSR count). The summed E-state index contributed by atoms with van der Waals surface area (Å²) >= 11 is 3.42. The highest BCUT2D eigenvalue weighted by molar-refractivity contribution is 9.10. The predicted molar refractivity (Wildman–Crippen MR) is 70.4 cm³/mol. The monoisotopic (exact) mass is 282 g/mol. The molecule has 0 aromatic carbocycles. The first-order valence-electron chi connectivity index (χ1n) is 6.04. The van der Waals surface area contributed by atoms with Crippen molar-refractivity contribution in [2.45, 2.75) is 25.7 Å². The van der Waals surface area contributed by atoms with Gasteiger partial charge in [-0.2, -0.15) is 0 Å². The van der Waals surface area contributed by atoms with Gasteiger partial charge in [-0.3, -0.25) is 4.98 Å². The Hall–Kier alpha value is -0.410. The Morgan fingerprint density at radius 1 is 1.38 bits per heavy atom. The Bertz CT molecular complexity index is 323. The number of pyridine rings is 1. The van der Waals surface area contributed by atoms with Crippen LogP contribution in [-0.2, 0) is 6.42 Å². The summed E-state index contributed by atoms with van der Waals surface area (Å²) in [5, 5.41) is 3.31. The molecule has 1 aliphatic carbocycles. The Balaban J connectivity index is 1.95. The fourth-order valence-electron chi connectivity index (χ4n) is 2.71. The van der Waals surface area contributed by atoms with Crippen molar-refractivity contribution in [3.8, 4) is 0 Å². The molecule has 2 nitrogen and oxygen atoms in total. The minimum Gasteiger partial charge on any atom is -0.319 e. The van der Waals surface area contributed by atoms with Crippen molar-refractivity contribution in [1.82, 2.24) is 10.3 Å². The van der Waals surface area contributed by atoms with Gasteiger partial charge in [-0.1, -0.05) is 6.42 Å². The van der Waals surface area contributed by atoms with Gasteiger partial charge < -0.3 is 5.32 Å². The second-order valence-corrected chi connectivity index (χ2v) is 5.60. The summed E-state index contributed by atoms with van der Waals surface area (Å²) in [6.45, 7) is 1.15. The summed E-state index contributed by atoms with van der Waals surface area (Å²) in [5.74, 6) is 1.66. The molecule has 88 valence electrons. The number of rotatable bonds is 4. The van der Waals surface area contributed by atoms with E-state index in [4.69, 9.17) is 0 Å². The third-order valence-corrected chi connectivity index (χ3v) is 4.01. The lowest BCUT2D eigenvalue weighted by atomic mass is 9.91. The molecule has 3 heteroatoms. The molecule has 1 aromatic heterocycles. The van der Waals surface area contributed by atoms with Gasteiger partial charge >= 0.3 is 0 Å². The zero-order valence-corrected chi connectivity index (χ0v) is 11.3. The number of nitrogens with zero attached hydrogens (tertiary/aromatic N) is 1. The van der Waals surface area contributed by atoms with Crippen LogP contribution in [0.15, 0.2) is 22.8 Å². The van der Waals surface area contributed by atoms with Crippen LogP contribution in [0.25, 0.3) is 0 Å². The molecule has 0 radical (unpaired) electrons. The average molecular weight is 283 g/mol. The summed E-state index contributed by atoms with van der Waals surface area (Å²) in [4.78, 5) is 4.47. The van der Waals surface area contributed by atoms with Crippen LogP contribution < -0.4 is 5.32 Å². The first kappa shape index (κ1) is 12.1. The second kappa shape index (κ2) is 5.78. The summed E-state index contributed by atoms with van der Waals surface area (Å²) < 4.78 is 1.06. The van der Waals surface area contributed by atoms with Crippen molar-refractivity contribution in [1.29, 1.82) is 0 Å². The quantitative estimate of drug-likeness (QED) is 0.918. The van der Waals surface area contributed by atoms with Crippen molar-refractivity contribution in [3.05, 3.63) is 28.5 Å². The van der Waals surface area contributed by atoms with Gasteiger partial charge in [-0.25, -0.2) is 0 Å². The van der Waals surface area contributed by atoms with Crippen molar-refractivity contribution in [3.63, 3.8) is 0 Å². The van der Waals surface area contributed by atoms with Crippen LogP contribution in [0.2, 0.25) is 0 Å². The van der Waals surface area contributed by atoms with E-state index in [0.29, 0.717) is 0 Å². The second-order valence-electron chi connectivity index (χ2n) is 4.68. The lowest BCUT2D eigenvalue weighted by molar-refractivity contribution is 0.372. The average Bonchev–Trinajstić information content (AvgIpc) is 2.70. The molecule has 0 saturated heterocycles. The maximum atomic E-state index is 4.47. The molecule has 0 amide bonds. The van der Waals surface area contributed by atoms with Crippen LogP contribution in [0, 0.1) is 11.8 Å². The van der Waals surface area contributed by atoms with E-state index in [1.54, 1.807) is 0 Å². The van der Waals surface area contributed by atoms with Crippen molar-refractivity contribution >= 4 is 15.9 Å².